The minimum Gasteiger partial charge on any atom is -0.350 e. The Balaban J connectivity index is 1.45. The van der Waals surface area contributed by atoms with Crippen LogP contribution in [0.5, 0.6) is 0 Å². The molecule has 0 bridgehead atoms. The number of hydrogen-bond acceptors (Lipinski definition) is 7. The molecule has 1 aliphatic rings. The zero-order chi connectivity index (χ0) is 22.1. The summed E-state index contributed by atoms with van der Waals surface area (Å²) in [5.74, 6) is 1.62. The van der Waals surface area contributed by atoms with Gasteiger partial charge in [0, 0.05) is 32.5 Å². The summed E-state index contributed by atoms with van der Waals surface area (Å²) in [6, 6.07) is 9.62. The molecule has 0 spiro atoms. The Morgan fingerprint density at radius 3 is 2.52 bits per heavy atom. The number of fused-ring (bicyclic) bond motifs is 1. The quantitative estimate of drug-likeness (QED) is 0.652. The Labute approximate surface area is 180 Å². The van der Waals surface area contributed by atoms with Crippen LogP contribution in [-0.2, 0) is 11.3 Å². The minimum absolute atomic E-state index is 0.0165. The first kappa shape index (κ1) is 20.5. The van der Waals surface area contributed by atoms with Crippen molar-refractivity contribution in [3.05, 3.63) is 59.7 Å². The van der Waals surface area contributed by atoms with Crippen molar-refractivity contribution < 1.29 is 9.18 Å². The molecule has 0 saturated carbocycles. The molecule has 2 aromatic heterocycles. The summed E-state index contributed by atoms with van der Waals surface area (Å²) >= 11 is 0. The van der Waals surface area contributed by atoms with Crippen LogP contribution in [0, 0.1) is 12.7 Å². The first-order valence-corrected chi connectivity index (χ1v) is 9.94. The van der Waals surface area contributed by atoms with Crippen LogP contribution in [0.2, 0.25) is 0 Å². The maximum absolute atomic E-state index is 13.0. The van der Waals surface area contributed by atoms with Crippen LogP contribution in [-0.4, -0.2) is 41.0 Å². The Bertz CT molecular complexity index is 1100. The molecule has 0 saturated heterocycles. The van der Waals surface area contributed by atoms with Crippen molar-refractivity contribution >= 4 is 34.9 Å². The van der Waals surface area contributed by atoms with Crippen molar-refractivity contribution in [2.75, 3.05) is 34.5 Å². The summed E-state index contributed by atoms with van der Waals surface area (Å²) in [7, 11) is 3.61. The number of hydrogen-bond donors (Lipinski definition) is 2. The van der Waals surface area contributed by atoms with Crippen LogP contribution in [0.4, 0.5) is 33.3 Å². The first-order chi connectivity index (χ1) is 14.8. The van der Waals surface area contributed by atoms with Crippen LogP contribution in [0.3, 0.4) is 0 Å². The number of nitrogens with zero attached hydrogens (tertiary/aromatic N) is 5. The first-order valence-electron chi connectivity index (χ1n) is 9.94. The molecule has 0 fully saturated rings. The second-order valence-electron chi connectivity index (χ2n) is 7.53. The molecule has 3 heterocycles. The van der Waals surface area contributed by atoms with E-state index in [9.17, 15) is 9.18 Å². The second-order valence-corrected chi connectivity index (χ2v) is 7.53. The van der Waals surface area contributed by atoms with E-state index in [0.29, 0.717) is 18.3 Å². The Kier molecular flexibility index (Phi) is 5.41. The third kappa shape index (κ3) is 4.11. The molecule has 1 atom stereocenters. The molecule has 1 aliphatic heterocycles. The summed E-state index contributed by atoms with van der Waals surface area (Å²) in [5.41, 5.74) is 3.19. The lowest BCUT2D eigenvalue weighted by Gasteiger charge is -2.37. The Hall–Kier alpha value is -3.75. The molecule has 160 valence electrons. The lowest BCUT2D eigenvalue weighted by molar-refractivity contribution is -0.119. The highest BCUT2D eigenvalue weighted by molar-refractivity contribution is 6.04. The number of nitrogens with one attached hydrogen (secondary N) is 2. The highest BCUT2D eigenvalue weighted by Crippen LogP contribution is 2.35. The molecule has 1 amide bonds. The maximum Gasteiger partial charge on any atom is 0.249 e. The van der Waals surface area contributed by atoms with Gasteiger partial charge in [0.05, 0.1) is 5.69 Å². The predicted octanol–water partition coefficient (Wildman–Crippen LogP) is 3.48. The van der Waals surface area contributed by atoms with Gasteiger partial charge in [-0.15, -0.1) is 0 Å². The average Bonchev–Trinajstić information content (AvgIpc) is 2.77. The Morgan fingerprint density at radius 2 is 1.84 bits per heavy atom. The van der Waals surface area contributed by atoms with Gasteiger partial charge < -0.3 is 20.4 Å². The van der Waals surface area contributed by atoms with Crippen LogP contribution in [0.1, 0.15) is 18.2 Å². The number of carbonyl (C=O) groups is 1. The monoisotopic (exact) mass is 421 g/mol. The summed E-state index contributed by atoms with van der Waals surface area (Å²) in [6.45, 7) is 4.23. The van der Waals surface area contributed by atoms with Crippen molar-refractivity contribution in [3.63, 3.8) is 0 Å². The minimum atomic E-state index is -0.287. The van der Waals surface area contributed by atoms with Gasteiger partial charge in [-0.25, -0.2) is 14.4 Å². The molecule has 9 heteroatoms. The molecule has 8 nitrogen and oxygen atoms in total. The average molecular weight is 421 g/mol. The number of likely N-dealkylation sites (N-methyl/N-ethyl adjacent to an activating group) is 2. The Morgan fingerprint density at radius 1 is 1.10 bits per heavy atom. The number of aromatic nitrogens is 3. The highest BCUT2D eigenvalue weighted by atomic mass is 19.1. The molecule has 1 unspecified atom stereocenters. The van der Waals surface area contributed by atoms with E-state index in [1.807, 2.05) is 37.9 Å². The SMILES string of the molecule is Cc1nc(NCc2ccc(Nc3ccc(F)cc3)nc2)nc2c1N(C)C(=O)C(C)N2C. The van der Waals surface area contributed by atoms with E-state index in [1.54, 1.807) is 30.3 Å². The number of benzene rings is 1. The van der Waals surface area contributed by atoms with Gasteiger partial charge in [-0.2, -0.15) is 4.98 Å². The molecule has 0 radical (unpaired) electrons. The smallest absolute Gasteiger partial charge is 0.249 e. The van der Waals surface area contributed by atoms with Gasteiger partial charge in [-0.1, -0.05) is 6.07 Å². The van der Waals surface area contributed by atoms with Crippen LogP contribution in [0.15, 0.2) is 42.6 Å². The molecule has 1 aromatic carbocycles. The standard InChI is InChI=1S/C22H24FN7O/c1-13-19-20(29(3)14(2)21(31)30(19)4)28-22(26-13)25-12-15-5-10-18(24-11-15)27-17-8-6-16(23)7-9-17/h5-11,14H,12H2,1-4H3,(H,24,27)(H,25,26,28). The number of amides is 1. The molecule has 31 heavy (non-hydrogen) atoms. The van der Waals surface area contributed by atoms with Crippen LogP contribution < -0.4 is 20.4 Å². The topological polar surface area (TPSA) is 86.3 Å². The molecular formula is C22H24FN7O. The lowest BCUT2D eigenvalue weighted by Crippen LogP contribution is -2.49. The van der Waals surface area contributed by atoms with Crippen LogP contribution >= 0.6 is 0 Å². The highest BCUT2D eigenvalue weighted by Gasteiger charge is 2.34. The van der Waals surface area contributed by atoms with E-state index >= 15 is 0 Å². The lowest BCUT2D eigenvalue weighted by atomic mass is 10.1. The second kappa shape index (κ2) is 8.17. The normalized spacial score (nSPS) is 15.6. The van der Waals surface area contributed by atoms with E-state index in [1.165, 1.54) is 12.1 Å². The molecule has 3 aromatic rings. The molecule has 4 rings (SSSR count). The third-order valence-corrected chi connectivity index (χ3v) is 5.37. The van der Waals surface area contributed by atoms with Gasteiger partial charge in [0.15, 0.2) is 5.82 Å². The fraction of sp³-hybridized carbons (Fsp3) is 0.273. The van der Waals surface area contributed by atoms with Gasteiger partial charge in [-0.3, -0.25) is 4.79 Å². The van der Waals surface area contributed by atoms with Gasteiger partial charge in [0.2, 0.25) is 11.9 Å². The van der Waals surface area contributed by atoms with Crippen molar-refractivity contribution in [3.8, 4) is 0 Å². The van der Waals surface area contributed by atoms with Gasteiger partial charge in [-0.05, 0) is 49.7 Å². The number of halogens is 1. The number of anilines is 5. The fourth-order valence-corrected chi connectivity index (χ4v) is 3.47. The van der Waals surface area contributed by atoms with Crippen LogP contribution in [0.25, 0.3) is 0 Å². The number of aryl methyl sites for hydroxylation is 1. The molecule has 2 N–H and O–H groups in total. The van der Waals surface area contributed by atoms with Crippen molar-refractivity contribution in [2.45, 2.75) is 26.4 Å². The third-order valence-electron chi connectivity index (χ3n) is 5.37. The van der Waals surface area contributed by atoms with Gasteiger partial charge in [0.25, 0.3) is 0 Å². The fourth-order valence-electron chi connectivity index (χ4n) is 3.47. The summed E-state index contributed by atoms with van der Waals surface area (Å²) in [6.07, 6.45) is 1.75. The van der Waals surface area contributed by atoms with E-state index in [-0.39, 0.29) is 17.8 Å². The van der Waals surface area contributed by atoms with E-state index in [4.69, 9.17) is 0 Å². The number of rotatable bonds is 5. The summed E-state index contributed by atoms with van der Waals surface area (Å²) in [4.78, 5) is 29.4. The molecule has 0 aliphatic carbocycles. The van der Waals surface area contributed by atoms with E-state index in [2.05, 4.69) is 25.6 Å². The van der Waals surface area contributed by atoms with Gasteiger partial charge in [0.1, 0.15) is 23.4 Å². The zero-order valence-corrected chi connectivity index (χ0v) is 17.8. The zero-order valence-electron chi connectivity index (χ0n) is 17.8. The number of carbonyl (C=O) groups excluding carboxylic acids is 1. The van der Waals surface area contributed by atoms with Gasteiger partial charge >= 0.3 is 0 Å². The number of pyridine rings is 1. The van der Waals surface area contributed by atoms with Crippen molar-refractivity contribution in [1.82, 2.24) is 15.0 Å². The predicted molar refractivity (Wildman–Crippen MR) is 119 cm³/mol. The molecular weight excluding hydrogens is 397 g/mol. The largest absolute Gasteiger partial charge is 0.350 e. The maximum atomic E-state index is 13.0. The summed E-state index contributed by atoms with van der Waals surface area (Å²) < 4.78 is 13.0. The summed E-state index contributed by atoms with van der Waals surface area (Å²) in [5, 5.41) is 6.36. The van der Waals surface area contributed by atoms with Crippen molar-refractivity contribution in [2.24, 2.45) is 0 Å². The van der Waals surface area contributed by atoms with Crippen molar-refractivity contribution in [1.29, 1.82) is 0 Å². The van der Waals surface area contributed by atoms with E-state index in [0.717, 1.165) is 28.5 Å². The van der Waals surface area contributed by atoms with E-state index < -0.39 is 0 Å².